The molecular formula is C19H23N3O2. The van der Waals surface area contributed by atoms with Crippen LogP contribution < -0.4 is 9.47 Å². The molecule has 4 rings (SSSR count). The van der Waals surface area contributed by atoms with Crippen LogP contribution in [0.5, 0.6) is 11.5 Å². The highest BCUT2D eigenvalue weighted by Crippen LogP contribution is 2.44. The monoisotopic (exact) mass is 325 g/mol. The van der Waals surface area contributed by atoms with Crippen molar-refractivity contribution in [3.8, 4) is 11.5 Å². The molecule has 5 nitrogen and oxygen atoms in total. The smallest absolute Gasteiger partial charge is 0.165 e. The number of aryl methyl sites for hydroxylation is 1. The van der Waals surface area contributed by atoms with Gasteiger partial charge in [0.25, 0.3) is 0 Å². The van der Waals surface area contributed by atoms with E-state index in [0.717, 1.165) is 30.3 Å². The van der Waals surface area contributed by atoms with Crippen molar-refractivity contribution < 1.29 is 9.47 Å². The van der Waals surface area contributed by atoms with Crippen LogP contribution >= 0.6 is 0 Å². The highest BCUT2D eigenvalue weighted by Gasteiger charge is 2.41. The quantitative estimate of drug-likeness (QED) is 0.864. The largest absolute Gasteiger partial charge is 0.493 e. The zero-order valence-electron chi connectivity index (χ0n) is 14.5. The molecule has 2 aliphatic rings. The minimum Gasteiger partial charge on any atom is -0.493 e. The van der Waals surface area contributed by atoms with Gasteiger partial charge in [0.05, 0.1) is 19.9 Å². The Morgan fingerprint density at radius 2 is 2.08 bits per heavy atom. The summed E-state index contributed by atoms with van der Waals surface area (Å²) in [5.74, 6) is 2.50. The minimum atomic E-state index is 0.412. The van der Waals surface area contributed by atoms with E-state index in [1.165, 1.54) is 29.7 Å². The second-order valence-electron chi connectivity index (χ2n) is 6.60. The molecule has 1 saturated heterocycles. The number of para-hydroxylation sites is 1. The average molecular weight is 325 g/mol. The fraction of sp³-hybridized carbons (Fsp3) is 0.474. The van der Waals surface area contributed by atoms with Gasteiger partial charge in [-0.15, -0.1) is 0 Å². The van der Waals surface area contributed by atoms with Crippen molar-refractivity contribution in [2.75, 3.05) is 14.2 Å². The Morgan fingerprint density at radius 3 is 2.88 bits per heavy atom. The minimum absolute atomic E-state index is 0.412. The normalized spacial score (nSPS) is 22.3. The predicted molar refractivity (Wildman–Crippen MR) is 91.3 cm³/mol. The van der Waals surface area contributed by atoms with Crippen LogP contribution in [0.3, 0.4) is 0 Å². The van der Waals surface area contributed by atoms with Crippen LogP contribution in [-0.4, -0.2) is 35.1 Å². The van der Waals surface area contributed by atoms with Gasteiger partial charge < -0.3 is 9.47 Å². The Hall–Kier alpha value is -2.14. The van der Waals surface area contributed by atoms with E-state index in [4.69, 9.17) is 9.47 Å². The van der Waals surface area contributed by atoms with Gasteiger partial charge in [-0.2, -0.15) is 0 Å². The molecular weight excluding hydrogens is 302 g/mol. The van der Waals surface area contributed by atoms with Crippen LogP contribution in [0.4, 0.5) is 0 Å². The second kappa shape index (κ2) is 6.06. The van der Waals surface area contributed by atoms with Crippen molar-refractivity contribution in [1.29, 1.82) is 0 Å². The molecule has 0 radical (unpaired) electrons. The first-order valence-corrected chi connectivity index (χ1v) is 8.49. The van der Waals surface area contributed by atoms with Gasteiger partial charge in [0, 0.05) is 42.4 Å². The van der Waals surface area contributed by atoms with Gasteiger partial charge in [0.15, 0.2) is 11.5 Å². The number of nitrogens with zero attached hydrogens (tertiary/aromatic N) is 3. The number of rotatable bonds is 4. The topological polar surface area (TPSA) is 47.5 Å². The van der Waals surface area contributed by atoms with E-state index < -0.39 is 0 Å². The Bertz CT molecular complexity index is 762. The van der Waals surface area contributed by atoms with Gasteiger partial charge in [0.1, 0.15) is 5.82 Å². The third-order valence-electron chi connectivity index (χ3n) is 5.29. The molecule has 2 aromatic rings. The van der Waals surface area contributed by atoms with Crippen LogP contribution in [0.2, 0.25) is 0 Å². The summed E-state index contributed by atoms with van der Waals surface area (Å²) in [6, 6.07) is 7.06. The summed E-state index contributed by atoms with van der Waals surface area (Å²) in [4.78, 5) is 11.7. The molecule has 126 valence electrons. The van der Waals surface area contributed by atoms with Crippen molar-refractivity contribution in [2.45, 2.75) is 44.8 Å². The van der Waals surface area contributed by atoms with Gasteiger partial charge in [0.2, 0.25) is 0 Å². The van der Waals surface area contributed by atoms with Crippen molar-refractivity contribution in [1.82, 2.24) is 14.9 Å². The lowest BCUT2D eigenvalue weighted by Crippen LogP contribution is -2.37. The first-order chi connectivity index (χ1) is 11.7. The predicted octanol–water partition coefficient (Wildman–Crippen LogP) is 3.06. The summed E-state index contributed by atoms with van der Waals surface area (Å²) in [6.45, 7) is 2.83. The molecule has 0 unspecified atom stereocenters. The molecule has 0 amide bonds. The van der Waals surface area contributed by atoms with Crippen LogP contribution in [0.15, 0.2) is 24.4 Å². The fourth-order valence-electron chi connectivity index (χ4n) is 4.20. The highest BCUT2D eigenvalue weighted by molar-refractivity contribution is 5.46. The van der Waals surface area contributed by atoms with Crippen molar-refractivity contribution in [2.24, 2.45) is 0 Å². The molecule has 0 N–H and O–H groups in total. The Balaban J connectivity index is 1.66. The summed E-state index contributed by atoms with van der Waals surface area (Å²) in [7, 11) is 3.39. The summed E-state index contributed by atoms with van der Waals surface area (Å²) in [5.41, 5.74) is 3.71. The molecule has 5 heteroatoms. The molecule has 1 aromatic carbocycles. The highest BCUT2D eigenvalue weighted by atomic mass is 16.5. The molecule has 3 heterocycles. The Labute approximate surface area is 142 Å². The second-order valence-corrected chi connectivity index (χ2v) is 6.60. The Morgan fingerprint density at radius 1 is 1.21 bits per heavy atom. The maximum Gasteiger partial charge on any atom is 0.165 e. The lowest BCUT2D eigenvalue weighted by molar-refractivity contribution is 0.163. The zero-order chi connectivity index (χ0) is 16.7. The van der Waals surface area contributed by atoms with Crippen molar-refractivity contribution >= 4 is 0 Å². The SMILES string of the molecule is COc1cccc(CN2[C@@H]3CC[C@@H]2c2cnc(C)nc2C3)c1OC. The van der Waals surface area contributed by atoms with Crippen LogP contribution in [-0.2, 0) is 13.0 Å². The molecule has 0 saturated carbocycles. The van der Waals surface area contributed by atoms with E-state index in [9.17, 15) is 0 Å². The van der Waals surface area contributed by atoms with Gasteiger partial charge in [-0.1, -0.05) is 12.1 Å². The lowest BCUT2D eigenvalue weighted by Gasteiger charge is -2.36. The third kappa shape index (κ3) is 2.44. The maximum atomic E-state index is 5.61. The van der Waals surface area contributed by atoms with Crippen molar-refractivity contribution in [3.63, 3.8) is 0 Å². The fourth-order valence-corrected chi connectivity index (χ4v) is 4.20. The molecule has 2 bridgehead atoms. The van der Waals surface area contributed by atoms with E-state index >= 15 is 0 Å². The first-order valence-electron chi connectivity index (χ1n) is 8.49. The molecule has 0 aliphatic carbocycles. The number of methoxy groups -OCH3 is 2. The summed E-state index contributed by atoms with van der Waals surface area (Å²) >= 11 is 0. The molecule has 2 atom stereocenters. The lowest BCUT2D eigenvalue weighted by atomic mass is 9.98. The maximum absolute atomic E-state index is 5.61. The zero-order valence-corrected chi connectivity index (χ0v) is 14.5. The van der Waals surface area contributed by atoms with Gasteiger partial charge >= 0.3 is 0 Å². The molecule has 2 aliphatic heterocycles. The number of aromatic nitrogens is 2. The van der Waals surface area contributed by atoms with Crippen molar-refractivity contribution in [3.05, 3.63) is 47.0 Å². The molecule has 0 spiro atoms. The van der Waals surface area contributed by atoms with Crippen LogP contribution in [0.1, 0.15) is 41.5 Å². The van der Waals surface area contributed by atoms with E-state index in [2.05, 4.69) is 20.9 Å². The van der Waals surface area contributed by atoms with E-state index in [1.54, 1.807) is 14.2 Å². The van der Waals surface area contributed by atoms with E-state index in [-0.39, 0.29) is 0 Å². The number of fused-ring (bicyclic) bond motifs is 4. The van der Waals surface area contributed by atoms with E-state index in [0.29, 0.717) is 12.1 Å². The Kier molecular flexibility index (Phi) is 3.88. The molecule has 1 fully saturated rings. The molecule has 24 heavy (non-hydrogen) atoms. The van der Waals surface area contributed by atoms with Crippen LogP contribution in [0.25, 0.3) is 0 Å². The van der Waals surface area contributed by atoms with Gasteiger partial charge in [-0.05, 0) is 25.8 Å². The van der Waals surface area contributed by atoms with Gasteiger partial charge in [-0.3, -0.25) is 4.90 Å². The number of ether oxygens (including phenoxy) is 2. The number of hydrogen-bond acceptors (Lipinski definition) is 5. The molecule has 1 aromatic heterocycles. The number of hydrogen-bond donors (Lipinski definition) is 0. The number of benzene rings is 1. The summed E-state index contributed by atoms with van der Waals surface area (Å²) in [5, 5.41) is 0. The van der Waals surface area contributed by atoms with Crippen LogP contribution in [0, 0.1) is 6.92 Å². The first kappa shape index (κ1) is 15.4. The summed E-state index contributed by atoms with van der Waals surface area (Å²) < 4.78 is 11.0. The van der Waals surface area contributed by atoms with E-state index in [1.807, 2.05) is 25.3 Å². The third-order valence-corrected chi connectivity index (χ3v) is 5.29. The summed E-state index contributed by atoms with van der Waals surface area (Å²) in [6.07, 6.45) is 5.43. The van der Waals surface area contributed by atoms with Gasteiger partial charge in [-0.25, -0.2) is 9.97 Å². The standard InChI is InChI=1S/C19H23N3O2/c1-12-20-10-15-16(21-12)9-14-7-8-17(15)22(14)11-13-5-4-6-18(23-2)19(13)24-3/h4-6,10,14,17H,7-9,11H2,1-3H3/t14-,17-/m1/s1. The average Bonchev–Trinajstić information content (AvgIpc) is 2.87.